The molecule has 0 fully saturated rings. The van der Waals surface area contributed by atoms with Crippen LogP contribution in [-0.2, 0) is 0 Å². The zero-order valence-electron chi connectivity index (χ0n) is 17.7. The summed E-state index contributed by atoms with van der Waals surface area (Å²) in [5.74, 6) is 0.351. The van der Waals surface area contributed by atoms with Crippen molar-refractivity contribution in [2.45, 2.75) is 45.6 Å². The minimum atomic E-state index is -0.265. The number of nitrogens with one attached hydrogen (secondary N) is 2. The molecular weight excluding hydrogens is 353 g/mol. The molecule has 0 aromatic heterocycles. The van der Waals surface area contributed by atoms with Gasteiger partial charge in [0.15, 0.2) is 0 Å². The largest absolute Gasteiger partial charge is 0.336 e. The van der Waals surface area contributed by atoms with Crippen LogP contribution in [0.25, 0.3) is 0 Å². The van der Waals surface area contributed by atoms with Crippen LogP contribution in [0.4, 0.5) is 14.9 Å². The molecule has 0 radical (unpaired) electrons. The molecular formula is C23H32FN3O. The summed E-state index contributed by atoms with van der Waals surface area (Å²) in [6, 6.07) is 12.3. The maximum absolute atomic E-state index is 13.2. The number of hydrogen-bond acceptors (Lipinski definition) is 2. The first-order valence-corrected chi connectivity index (χ1v) is 9.80. The van der Waals surface area contributed by atoms with Crippen LogP contribution in [0.5, 0.6) is 0 Å². The quantitative estimate of drug-likeness (QED) is 0.661. The van der Waals surface area contributed by atoms with Crippen molar-refractivity contribution in [1.82, 2.24) is 10.2 Å². The van der Waals surface area contributed by atoms with E-state index in [-0.39, 0.29) is 17.9 Å². The molecule has 0 aliphatic heterocycles. The number of anilines is 1. The summed E-state index contributed by atoms with van der Waals surface area (Å²) in [5, 5.41) is 6.04. The molecule has 0 bridgehead atoms. The van der Waals surface area contributed by atoms with E-state index in [4.69, 9.17) is 0 Å². The average Bonchev–Trinajstić information content (AvgIpc) is 2.62. The Morgan fingerprint density at radius 3 is 1.96 bits per heavy atom. The number of likely N-dealkylation sites (N-methyl/N-ethyl adjacent to an activating group) is 1. The highest BCUT2D eigenvalue weighted by atomic mass is 19.1. The number of urea groups is 1. The monoisotopic (exact) mass is 385 g/mol. The second-order valence-electron chi connectivity index (χ2n) is 7.99. The van der Waals surface area contributed by atoms with Gasteiger partial charge in [0.25, 0.3) is 0 Å². The minimum absolute atomic E-state index is 0.0451. The van der Waals surface area contributed by atoms with Gasteiger partial charge in [-0.15, -0.1) is 0 Å². The summed E-state index contributed by atoms with van der Waals surface area (Å²) in [6.07, 6.45) is 0. The number of halogens is 1. The van der Waals surface area contributed by atoms with Gasteiger partial charge in [-0.3, -0.25) is 0 Å². The van der Waals surface area contributed by atoms with E-state index in [1.165, 1.54) is 12.1 Å². The van der Waals surface area contributed by atoms with Crippen molar-refractivity contribution in [3.63, 3.8) is 0 Å². The van der Waals surface area contributed by atoms with Crippen molar-refractivity contribution < 1.29 is 9.18 Å². The Hall–Kier alpha value is -2.40. The highest BCUT2D eigenvalue weighted by Crippen LogP contribution is 2.32. The highest BCUT2D eigenvalue weighted by molar-refractivity contribution is 5.91. The second-order valence-corrected chi connectivity index (χ2v) is 7.99. The molecule has 152 valence electrons. The molecule has 0 heterocycles. The number of rotatable bonds is 7. The van der Waals surface area contributed by atoms with E-state index in [0.29, 0.717) is 18.4 Å². The average molecular weight is 386 g/mol. The van der Waals surface area contributed by atoms with Crippen molar-refractivity contribution in [3.8, 4) is 0 Å². The SMILES string of the molecule is CC(C)c1cccc(C(C)C)c1NC(=O)NCC(c1ccc(F)cc1)N(C)C. The third-order valence-corrected chi connectivity index (χ3v) is 4.95. The summed E-state index contributed by atoms with van der Waals surface area (Å²) < 4.78 is 13.2. The van der Waals surface area contributed by atoms with E-state index in [0.717, 1.165) is 22.4 Å². The van der Waals surface area contributed by atoms with Crippen LogP contribution in [0.15, 0.2) is 42.5 Å². The standard InChI is InChI=1S/C23H32FN3O/c1-15(2)19-8-7-9-20(16(3)4)22(19)26-23(28)25-14-21(27(5)6)17-10-12-18(24)13-11-17/h7-13,15-16,21H,14H2,1-6H3,(H2,25,26,28). The Balaban J connectivity index is 2.14. The Morgan fingerprint density at radius 2 is 1.50 bits per heavy atom. The Bertz CT molecular complexity index is 759. The fourth-order valence-electron chi connectivity index (χ4n) is 3.33. The second kappa shape index (κ2) is 9.69. The third kappa shape index (κ3) is 5.55. The first kappa shape index (κ1) is 21.9. The van der Waals surface area contributed by atoms with Gasteiger partial charge in [-0.2, -0.15) is 0 Å². The van der Waals surface area contributed by atoms with Gasteiger partial charge in [-0.1, -0.05) is 58.0 Å². The first-order valence-electron chi connectivity index (χ1n) is 9.80. The summed E-state index contributed by atoms with van der Waals surface area (Å²) in [7, 11) is 3.89. The van der Waals surface area contributed by atoms with E-state index in [1.54, 1.807) is 12.1 Å². The molecule has 2 N–H and O–H groups in total. The van der Waals surface area contributed by atoms with Crippen molar-refractivity contribution in [1.29, 1.82) is 0 Å². The lowest BCUT2D eigenvalue weighted by Gasteiger charge is -2.26. The predicted molar refractivity (Wildman–Crippen MR) is 114 cm³/mol. The zero-order valence-corrected chi connectivity index (χ0v) is 17.7. The lowest BCUT2D eigenvalue weighted by Crippen LogP contribution is -2.37. The van der Waals surface area contributed by atoms with Gasteiger partial charge in [0.1, 0.15) is 5.82 Å². The molecule has 0 spiro atoms. The number of para-hydroxylation sites is 1. The summed E-state index contributed by atoms with van der Waals surface area (Å²) in [6.45, 7) is 8.92. The van der Waals surface area contributed by atoms with Crippen molar-refractivity contribution in [2.75, 3.05) is 26.0 Å². The van der Waals surface area contributed by atoms with Crippen LogP contribution in [0, 0.1) is 5.82 Å². The molecule has 2 aromatic carbocycles. The van der Waals surface area contributed by atoms with Gasteiger partial charge in [-0.25, -0.2) is 9.18 Å². The molecule has 4 nitrogen and oxygen atoms in total. The molecule has 1 unspecified atom stereocenters. The van der Waals surface area contributed by atoms with Crippen LogP contribution in [0.2, 0.25) is 0 Å². The normalized spacial score (nSPS) is 12.5. The van der Waals surface area contributed by atoms with E-state index in [1.807, 2.05) is 25.1 Å². The molecule has 0 aliphatic carbocycles. The van der Waals surface area contributed by atoms with Crippen molar-refractivity contribution >= 4 is 11.7 Å². The molecule has 2 amide bonds. The molecule has 2 aromatic rings. The highest BCUT2D eigenvalue weighted by Gasteiger charge is 2.18. The molecule has 2 rings (SSSR count). The molecule has 0 saturated carbocycles. The Morgan fingerprint density at radius 1 is 0.964 bits per heavy atom. The Kier molecular flexibility index (Phi) is 7.58. The minimum Gasteiger partial charge on any atom is -0.336 e. The van der Waals surface area contributed by atoms with Gasteiger partial charge in [-0.05, 0) is 54.8 Å². The fraction of sp³-hybridized carbons (Fsp3) is 0.435. The maximum atomic E-state index is 13.2. The van der Waals surface area contributed by atoms with Gasteiger partial charge >= 0.3 is 6.03 Å². The molecule has 0 aliphatic rings. The van der Waals surface area contributed by atoms with Crippen molar-refractivity contribution in [3.05, 3.63) is 65.0 Å². The fourth-order valence-corrected chi connectivity index (χ4v) is 3.33. The van der Waals surface area contributed by atoms with Gasteiger partial charge in [0.05, 0.1) is 6.04 Å². The van der Waals surface area contributed by atoms with E-state index >= 15 is 0 Å². The van der Waals surface area contributed by atoms with E-state index in [2.05, 4.69) is 50.5 Å². The van der Waals surface area contributed by atoms with Crippen LogP contribution < -0.4 is 10.6 Å². The Labute approximate surface area is 168 Å². The van der Waals surface area contributed by atoms with Gasteiger partial charge in [0, 0.05) is 12.2 Å². The topological polar surface area (TPSA) is 44.4 Å². The zero-order chi connectivity index (χ0) is 20.8. The molecule has 5 heteroatoms. The van der Waals surface area contributed by atoms with Crippen LogP contribution >= 0.6 is 0 Å². The lowest BCUT2D eigenvalue weighted by molar-refractivity contribution is 0.243. The smallest absolute Gasteiger partial charge is 0.319 e. The molecule has 0 saturated heterocycles. The summed E-state index contributed by atoms with van der Waals surface area (Å²) in [4.78, 5) is 14.7. The van der Waals surface area contributed by atoms with Crippen molar-refractivity contribution in [2.24, 2.45) is 0 Å². The number of carbonyl (C=O) groups is 1. The van der Waals surface area contributed by atoms with Crippen LogP contribution in [0.1, 0.15) is 62.3 Å². The molecule has 28 heavy (non-hydrogen) atoms. The van der Waals surface area contributed by atoms with Gasteiger partial charge < -0.3 is 15.5 Å². The van der Waals surface area contributed by atoms with E-state index < -0.39 is 0 Å². The predicted octanol–water partition coefficient (Wildman–Crippen LogP) is 5.50. The lowest BCUT2D eigenvalue weighted by atomic mass is 9.93. The number of amides is 2. The van der Waals surface area contributed by atoms with Gasteiger partial charge in [0.2, 0.25) is 0 Å². The number of carbonyl (C=O) groups excluding carboxylic acids is 1. The van der Waals surface area contributed by atoms with E-state index in [9.17, 15) is 9.18 Å². The molecule has 1 atom stereocenters. The van der Waals surface area contributed by atoms with Crippen LogP contribution in [0.3, 0.4) is 0 Å². The third-order valence-electron chi connectivity index (χ3n) is 4.95. The number of benzene rings is 2. The number of nitrogens with zero attached hydrogens (tertiary/aromatic N) is 1. The van der Waals surface area contributed by atoms with Crippen LogP contribution in [-0.4, -0.2) is 31.6 Å². The summed E-state index contributed by atoms with van der Waals surface area (Å²) in [5.41, 5.74) is 4.11. The first-order chi connectivity index (χ1) is 13.2. The summed E-state index contributed by atoms with van der Waals surface area (Å²) >= 11 is 0. The maximum Gasteiger partial charge on any atom is 0.319 e. The number of hydrogen-bond donors (Lipinski definition) is 2.